The van der Waals surface area contributed by atoms with Crippen molar-refractivity contribution in [3.05, 3.63) is 42.2 Å². The van der Waals surface area contributed by atoms with Crippen LogP contribution in [0.25, 0.3) is 0 Å². The molecule has 0 aromatic heterocycles. The molecule has 0 saturated heterocycles. The van der Waals surface area contributed by atoms with Gasteiger partial charge >= 0.3 is 0 Å². The summed E-state index contributed by atoms with van der Waals surface area (Å²) in [5.74, 6) is -1.33. The van der Waals surface area contributed by atoms with E-state index in [9.17, 15) is 9.18 Å². The molecule has 0 aliphatic heterocycles. The number of ether oxygens (including phenoxy) is 1. The summed E-state index contributed by atoms with van der Waals surface area (Å²) >= 11 is 0. The summed E-state index contributed by atoms with van der Waals surface area (Å²) in [4.78, 5) is 11.0. The van der Waals surface area contributed by atoms with Gasteiger partial charge in [0.2, 0.25) is 0 Å². The Bertz CT molecular complexity index is 406. The zero-order valence-electron chi connectivity index (χ0n) is 9.28. The van der Waals surface area contributed by atoms with E-state index in [0.717, 1.165) is 0 Å². The maximum absolute atomic E-state index is 12.4. The van der Waals surface area contributed by atoms with Crippen LogP contribution in [0, 0.1) is 0 Å². The summed E-state index contributed by atoms with van der Waals surface area (Å²) in [7, 11) is 0. The van der Waals surface area contributed by atoms with Crippen molar-refractivity contribution in [1.82, 2.24) is 5.32 Å². The minimum Gasteiger partial charge on any atom is -0.491 e. The van der Waals surface area contributed by atoms with E-state index in [1.807, 2.05) is 0 Å². The molecule has 0 atom stereocenters. The SMILES string of the molecule is C=C(F)C(=O)NCc1ccccc1OCCO. The molecule has 0 heterocycles. The van der Waals surface area contributed by atoms with Crippen LogP contribution in [-0.2, 0) is 11.3 Å². The van der Waals surface area contributed by atoms with Crippen molar-refractivity contribution in [2.75, 3.05) is 13.2 Å². The quantitative estimate of drug-likeness (QED) is 0.732. The van der Waals surface area contributed by atoms with Gasteiger partial charge in [-0.15, -0.1) is 0 Å². The minimum absolute atomic E-state index is 0.0953. The second-order valence-electron chi connectivity index (χ2n) is 3.27. The van der Waals surface area contributed by atoms with Crippen LogP contribution in [0.15, 0.2) is 36.7 Å². The number of halogens is 1. The largest absolute Gasteiger partial charge is 0.491 e. The number of rotatable bonds is 6. The number of aliphatic hydroxyl groups is 1. The fourth-order valence-electron chi connectivity index (χ4n) is 1.22. The normalized spacial score (nSPS) is 9.76. The number of benzene rings is 1. The van der Waals surface area contributed by atoms with Crippen molar-refractivity contribution in [3.63, 3.8) is 0 Å². The monoisotopic (exact) mass is 239 g/mol. The van der Waals surface area contributed by atoms with Gasteiger partial charge < -0.3 is 15.2 Å². The zero-order chi connectivity index (χ0) is 12.7. The first kappa shape index (κ1) is 13.2. The van der Waals surface area contributed by atoms with E-state index in [-0.39, 0.29) is 19.8 Å². The number of amides is 1. The van der Waals surface area contributed by atoms with E-state index in [0.29, 0.717) is 11.3 Å². The van der Waals surface area contributed by atoms with Crippen molar-refractivity contribution >= 4 is 5.91 Å². The van der Waals surface area contributed by atoms with Gasteiger partial charge in [0.1, 0.15) is 12.4 Å². The summed E-state index contributed by atoms with van der Waals surface area (Å²) in [6.07, 6.45) is 0. The molecule has 0 aliphatic carbocycles. The van der Waals surface area contributed by atoms with Crippen molar-refractivity contribution < 1.29 is 19.0 Å². The highest BCUT2D eigenvalue weighted by atomic mass is 19.1. The van der Waals surface area contributed by atoms with Crippen LogP contribution in [0.4, 0.5) is 4.39 Å². The molecule has 0 aliphatic rings. The number of carbonyl (C=O) groups excluding carboxylic acids is 1. The third kappa shape index (κ3) is 4.24. The molecule has 0 radical (unpaired) electrons. The maximum Gasteiger partial charge on any atom is 0.279 e. The van der Waals surface area contributed by atoms with E-state index in [1.165, 1.54) is 0 Å². The van der Waals surface area contributed by atoms with Crippen LogP contribution in [0.2, 0.25) is 0 Å². The summed E-state index contributed by atoms with van der Waals surface area (Å²) in [5.41, 5.74) is 0.704. The molecule has 0 saturated carbocycles. The van der Waals surface area contributed by atoms with Crippen molar-refractivity contribution in [2.45, 2.75) is 6.54 Å². The Hall–Kier alpha value is -1.88. The number of carbonyl (C=O) groups is 1. The molecule has 0 fully saturated rings. The Balaban J connectivity index is 2.63. The molecule has 1 amide bonds. The van der Waals surface area contributed by atoms with E-state index < -0.39 is 11.7 Å². The molecular weight excluding hydrogens is 225 g/mol. The number of para-hydroxylation sites is 1. The molecule has 4 nitrogen and oxygen atoms in total. The second-order valence-corrected chi connectivity index (χ2v) is 3.27. The Morgan fingerprint density at radius 2 is 2.18 bits per heavy atom. The highest BCUT2D eigenvalue weighted by Crippen LogP contribution is 2.17. The Kier molecular flexibility index (Phi) is 5.16. The first-order valence-corrected chi connectivity index (χ1v) is 5.09. The summed E-state index contributed by atoms with van der Waals surface area (Å²) < 4.78 is 17.7. The Labute approximate surface area is 98.7 Å². The summed E-state index contributed by atoms with van der Waals surface area (Å²) in [5, 5.41) is 11.0. The van der Waals surface area contributed by atoms with Gasteiger partial charge in [-0.3, -0.25) is 4.79 Å². The first-order chi connectivity index (χ1) is 8.15. The summed E-state index contributed by atoms with van der Waals surface area (Å²) in [6.45, 7) is 3.11. The third-order valence-corrected chi connectivity index (χ3v) is 2.01. The molecule has 0 unspecified atom stereocenters. The van der Waals surface area contributed by atoms with Crippen LogP contribution in [-0.4, -0.2) is 24.2 Å². The molecule has 0 spiro atoms. The number of nitrogens with one attached hydrogen (secondary N) is 1. The number of aliphatic hydroxyl groups excluding tert-OH is 1. The average molecular weight is 239 g/mol. The van der Waals surface area contributed by atoms with Gasteiger partial charge in [0, 0.05) is 12.1 Å². The van der Waals surface area contributed by atoms with Gasteiger partial charge in [-0.05, 0) is 6.07 Å². The van der Waals surface area contributed by atoms with Crippen LogP contribution in [0.5, 0.6) is 5.75 Å². The van der Waals surface area contributed by atoms with Gasteiger partial charge in [-0.25, -0.2) is 4.39 Å². The minimum atomic E-state index is -1.03. The summed E-state index contributed by atoms with van der Waals surface area (Å²) in [6, 6.07) is 7.00. The highest BCUT2D eigenvalue weighted by molar-refractivity contribution is 5.90. The average Bonchev–Trinajstić information content (AvgIpc) is 2.34. The molecule has 17 heavy (non-hydrogen) atoms. The second kappa shape index (κ2) is 6.65. The zero-order valence-corrected chi connectivity index (χ0v) is 9.28. The molecule has 2 N–H and O–H groups in total. The van der Waals surface area contributed by atoms with E-state index in [4.69, 9.17) is 9.84 Å². The third-order valence-electron chi connectivity index (χ3n) is 2.01. The van der Waals surface area contributed by atoms with Crippen LogP contribution in [0.3, 0.4) is 0 Å². The number of hydrogen-bond donors (Lipinski definition) is 2. The lowest BCUT2D eigenvalue weighted by Gasteiger charge is -2.10. The lowest BCUT2D eigenvalue weighted by molar-refractivity contribution is -0.119. The van der Waals surface area contributed by atoms with E-state index in [2.05, 4.69) is 11.9 Å². The van der Waals surface area contributed by atoms with Crippen molar-refractivity contribution in [1.29, 1.82) is 0 Å². The highest BCUT2D eigenvalue weighted by Gasteiger charge is 2.07. The first-order valence-electron chi connectivity index (χ1n) is 5.09. The Morgan fingerprint density at radius 1 is 1.47 bits per heavy atom. The lowest BCUT2D eigenvalue weighted by Crippen LogP contribution is -2.23. The smallest absolute Gasteiger partial charge is 0.279 e. The molecule has 0 bridgehead atoms. The predicted octanol–water partition coefficient (Wildman–Crippen LogP) is 1.16. The lowest BCUT2D eigenvalue weighted by atomic mass is 10.2. The number of hydrogen-bond acceptors (Lipinski definition) is 3. The van der Waals surface area contributed by atoms with Crippen molar-refractivity contribution in [3.8, 4) is 5.75 Å². The van der Waals surface area contributed by atoms with Gasteiger partial charge in [-0.1, -0.05) is 24.8 Å². The van der Waals surface area contributed by atoms with Gasteiger partial charge in [0.05, 0.1) is 6.61 Å². The molecule has 92 valence electrons. The maximum atomic E-state index is 12.4. The van der Waals surface area contributed by atoms with E-state index >= 15 is 0 Å². The van der Waals surface area contributed by atoms with Gasteiger partial charge in [0.15, 0.2) is 5.83 Å². The fraction of sp³-hybridized carbons (Fsp3) is 0.250. The van der Waals surface area contributed by atoms with Crippen LogP contribution >= 0.6 is 0 Å². The Morgan fingerprint density at radius 3 is 2.82 bits per heavy atom. The fourth-order valence-corrected chi connectivity index (χ4v) is 1.22. The molecule has 1 aromatic carbocycles. The van der Waals surface area contributed by atoms with E-state index in [1.54, 1.807) is 24.3 Å². The topological polar surface area (TPSA) is 58.6 Å². The van der Waals surface area contributed by atoms with Crippen molar-refractivity contribution in [2.24, 2.45) is 0 Å². The standard InChI is InChI=1S/C12H14FNO3/c1-9(13)12(16)14-8-10-4-2-3-5-11(10)17-7-6-15/h2-5,15H,1,6-8H2,(H,14,16). The molecular formula is C12H14FNO3. The van der Waals surface area contributed by atoms with Crippen LogP contribution < -0.4 is 10.1 Å². The molecule has 1 rings (SSSR count). The molecule has 1 aromatic rings. The predicted molar refractivity (Wildman–Crippen MR) is 61.1 cm³/mol. The van der Waals surface area contributed by atoms with Crippen LogP contribution in [0.1, 0.15) is 5.56 Å². The molecule has 5 heteroatoms. The van der Waals surface area contributed by atoms with Gasteiger partial charge in [-0.2, -0.15) is 0 Å². The van der Waals surface area contributed by atoms with Gasteiger partial charge in [0.25, 0.3) is 5.91 Å².